The average molecular weight is 347 g/mol. The number of hydrogen-bond acceptors (Lipinski definition) is 4. The smallest absolute Gasteiger partial charge is 0.242 e. The minimum absolute atomic E-state index is 0.00934. The minimum Gasteiger partial charge on any atom is -0.454 e. The van der Waals surface area contributed by atoms with Crippen molar-refractivity contribution in [2.24, 2.45) is 0 Å². The molecule has 0 saturated carbocycles. The van der Waals surface area contributed by atoms with E-state index in [4.69, 9.17) is 21.1 Å². The van der Waals surface area contributed by atoms with Crippen molar-refractivity contribution < 1.29 is 14.3 Å². The van der Waals surface area contributed by atoms with Crippen molar-refractivity contribution in [3.8, 4) is 11.5 Å². The van der Waals surface area contributed by atoms with Crippen LogP contribution in [0.15, 0.2) is 42.5 Å². The van der Waals surface area contributed by atoms with Crippen LogP contribution in [0.25, 0.3) is 0 Å². The summed E-state index contributed by atoms with van der Waals surface area (Å²) in [7, 11) is 0. The molecule has 5 nitrogen and oxygen atoms in total. The predicted octanol–water partition coefficient (Wildman–Crippen LogP) is 3.53. The van der Waals surface area contributed by atoms with Crippen LogP contribution in [0, 0.1) is 0 Å². The first-order valence-corrected chi connectivity index (χ1v) is 8.20. The molecular weight excluding hydrogens is 328 g/mol. The lowest BCUT2D eigenvalue weighted by atomic mass is 10.2. The van der Waals surface area contributed by atoms with Gasteiger partial charge in [0, 0.05) is 13.1 Å². The summed E-state index contributed by atoms with van der Waals surface area (Å²) in [6, 6.07) is 13.1. The highest BCUT2D eigenvalue weighted by Gasteiger charge is 2.16. The van der Waals surface area contributed by atoms with Gasteiger partial charge in [0.05, 0.1) is 17.3 Å². The maximum absolute atomic E-state index is 12.5. The second kappa shape index (κ2) is 7.45. The van der Waals surface area contributed by atoms with Gasteiger partial charge in [0.2, 0.25) is 12.7 Å². The van der Waals surface area contributed by atoms with Crippen molar-refractivity contribution in [3.63, 3.8) is 0 Å². The maximum Gasteiger partial charge on any atom is 0.242 e. The Morgan fingerprint density at radius 2 is 2.00 bits per heavy atom. The summed E-state index contributed by atoms with van der Waals surface area (Å²) in [4.78, 5) is 14.2. The number of anilines is 1. The van der Waals surface area contributed by atoms with Crippen molar-refractivity contribution in [3.05, 3.63) is 53.1 Å². The second-order valence-electron chi connectivity index (χ2n) is 5.43. The zero-order valence-corrected chi connectivity index (χ0v) is 14.2. The van der Waals surface area contributed by atoms with E-state index in [0.29, 0.717) is 18.1 Å². The molecule has 2 aromatic carbocycles. The number of carbonyl (C=O) groups is 1. The van der Waals surface area contributed by atoms with E-state index < -0.39 is 0 Å². The Morgan fingerprint density at radius 1 is 1.21 bits per heavy atom. The molecular formula is C18H19ClN2O3. The first kappa shape index (κ1) is 16.5. The highest BCUT2D eigenvalue weighted by molar-refractivity contribution is 6.33. The Kier molecular flexibility index (Phi) is 5.11. The summed E-state index contributed by atoms with van der Waals surface area (Å²) in [5.74, 6) is 1.48. The highest BCUT2D eigenvalue weighted by Crippen LogP contribution is 2.32. The zero-order chi connectivity index (χ0) is 16.9. The van der Waals surface area contributed by atoms with Gasteiger partial charge in [-0.15, -0.1) is 0 Å². The van der Waals surface area contributed by atoms with Gasteiger partial charge in [-0.3, -0.25) is 4.79 Å². The molecule has 1 heterocycles. The molecule has 0 atom stereocenters. The quantitative estimate of drug-likeness (QED) is 0.869. The summed E-state index contributed by atoms with van der Waals surface area (Å²) in [6.45, 7) is 3.55. The van der Waals surface area contributed by atoms with Crippen molar-refractivity contribution in [1.29, 1.82) is 0 Å². The molecule has 0 saturated heterocycles. The number of rotatable bonds is 6. The molecule has 1 aliphatic rings. The van der Waals surface area contributed by atoms with Gasteiger partial charge >= 0.3 is 0 Å². The molecule has 2 aromatic rings. The van der Waals surface area contributed by atoms with Crippen LogP contribution in [0.5, 0.6) is 11.5 Å². The van der Waals surface area contributed by atoms with E-state index >= 15 is 0 Å². The van der Waals surface area contributed by atoms with Gasteiger partial charge in [-0.05, 0) is 36.8 Å². The van der Waals surface area contributed by atoms with Crippen LogP contribution in [-0.2, 0) is 11.3 Å². The molecule has 24 heavy (non-hydrogen) atoms. The Morgan fingerprint density at radius 3 is 2.79 bits per heavy atom. The lowest BCUT2D eigenvalue weighted by Gasteiger charge is -2.22. The number of fused-ring (bicyclic) bond motifs is 1. The number of carbonyl (C=O) groups excluding carboxylic acids is 1. The van der Waals surface area contributed by atoms with Crippen LogP contribution in [0.4, 0.5) is 5.69 Å². The molecule has 126 valence electrons. The molecule has 0 fully saturated rings. The molecule has 0 unspecified atom stereocenters. The largest absolute Gasteiger partial charge is 0.454 e. The molecule has 1 N–H and O–H groups in total. The third kappa shape index (κ3) is 3.74. The number of nitrogens with zero attached hydrogens (tertiary/aromatic N) is 1. The first-order chi connectivity index (χ1) is 11.7. The normalized spacial score (nSPS) is 12.1. The topological polar surface area (TPSA) is 50.8 Å². The SMILES string of the molecule is CCN(Cc1ccc2c(c1)OCO2)C(=O)CNc1ccccc1Cl. The fraction of sp³-hybridized carbons (Fsp3) is 0.278. The van der Waals surface area contributed by atoms with E-state index in [2.05, 4.69) is 5.32 Å². The number of ether oxygens (including phenoxy) is 2. The van der Waals surface area contributed by atoms with Crippen LogP contribution in [0.1, 0.15) is 12.5 Å². The molecule has 1 amide bonds. The van der Waals surface area contributed by atoms with Gasteiger partial charge in [-0.25, -0.2) is 0 Å². The van der Waals surface area contributed by atoms with E-state index in [1.807, 2.05) is 43.3 Å². The Bertz CT molecular complexity index is 736. The molecule has 0 aliphatic carbocycles. The van der Waals surface area contributed by atoms with Crippen LogP contribution in [0.2, 0.25) is 5.02 Å². The fourth-order valence-corrected chi connectivity index (χ4v) is 2.73. The Balaban J connectivity index is 1.61. The molecule has 0 bridgehead atoms. The van der Waals surface area contributed by atoms with E-state index in [1.54, 1.807) is 11.0 Å². The number of hydrogen-bond donors (Lipinski definition) is 1. The van der Waals surface area contributed by atoms with E-state index in [1.165, 1.54) is 0 Å². The maximum atomic E-state index is 12.5. The van der Waals surface area contributed by atoms with Gasteiger partial charge in [-0.1, -0.05) is 29.8 Å². The number of benzene rings is 2. The third-order valence-electron chi connectivity index (χ3n) is 3.85. The lowest BCUT2D eigenvalue weighted by molar-refractivity contribution is -0.129. The summed E-state index contributed by atoms with van der Waals surface area (Å²) in [6.07, 6.45) is 0. The summed E-state index contributed by atoms with van der Waals surface area (Å²) in [5.41, 5.74) is 1.76. The third-order valence-corrected chi connectivity index (χ3v) is 4.18. The van der Waals surface area contributed by atoms with Gasteiger partial charge in [0.25, 0.3) is 0 Å². The van der Waals surface area contributed by atoms with Crippen LogP contribution < -0.4 is 14.8 Å². The first-order valence-electron chi connectivity index (χ1n) is 7.82. The summed E-state index contributed by atoms with van der Waals surface area (Å²) < 4.78 is 10.7. The summed E-state index contributed by atoms with van der Waals surface area (Å²) >= 11 is 6.09. The summed E-state index contributed by atoms with van der Waals surface area (Å²) in [5, 5.41) is 3.69. The molecule has 1 aliphatic heterocycles. The molecule has 3 rings (SSSR count). The van der Waals surface area contributed by atoms with Crippen LogP contribution in [0.3, 0.4) is 0 Å². The van der Waals surface area contributed by atoms with Gasteiger partial charge < -0.3 is 19.7 Å². The molecule has 0 aromatic heterocycles. The standard InChI is InChI=1S/C18H19ClN2O3/c1-2-21(11-13-7-8-16-17(9-13)24-12-23-16)18(22)10-20-15-6-4-3-5-14(15)19/h3-9,20H,2,10-12H2,1H3. The monoisotopic (exact) mass is 346 g/mol. The Labute approximate surface area is 146 Å². The average Bonchev–Trinajstić information content (AvgIpc) is 3.06. The predicted molar refractivity (Wildman–Crippen MR) is 93.6 cm³/mol. The highest BCUT2D eigenvalue weighted by atomic mass is 35.5. The molecule has 6 heteroatoms. The number of halogens is 1. The molecule has 0 radical (unpaired) electrons. The van der Waals surface area contributed by atoms with Crippen molar-refractivity contribution in [2.75, 3.05) is 25.2 Å². The number of likely N-dealkylation sites (N-methyl/N-ethyl adjacent to an activating group) is 1. The van der Waals surface area contributed by atoms with E-state index in [9.17, 15) is 4.79 Å². The van der Waals surface area contributed by atoms with Crippen molar-refractivity contribution in [1.82, 2.24) is 4.90 Å². The number of amides is 1. The van der Waals surface area contributed by atoms with Crippen molar-refractivity contribution in [2.45, 2.75) is 13.5 Å². The number of nitrogens with one attached hydrogen (secondary N) is 1. The second-order valence-corrected chi connectivity index (χ2v) is 5.84. The minimum atomic E-state index is 0.00934. The fourth-order valence-electron chi connectivity index (χ4n) is 2.52. The van der Waals surface area contributed by atoms with Gasteiger partial charge in [0.15, 0.2) is 11.5 Å². The van der Waals surface area contributed by atoms with Gasteiger partial charge in [-0.2, -0.15) is 0 Å². The van der Waals surface area contributed by atoms with Gasteiger partial charge in [0.1, 0.15) is 0 Å². The molecule has 0 spiro atoms. The lowest BCUT2D eigenvalue weighted by Crippen LogP contribution is -2.35. The number of para-hydroxylation sites is 1. The Hall–Kier alpha value is -2.40. The van der Waals surface area contributed by atoms with Crippen molar-refractivity contribution >= 4 is 23.2 Å². The van der Waals surface area contributed by atoms with E-state index in [-0.39, 0.29) is 19.2 Å². The van der Waals surface area contributed by atoms with E-state index in [0.717, 1.165) is 22.7 Å². The van der Waals surface area contributed by atoms with Crippen LogP contribution >= 0.6 is 11.6 Å². The zero-order valence-electron chi connectivity index (χ0n) is 13.4. The van der Waals surface area contributed by atoms with Crippen LogP contribution in [-0.4, -0.2) is 30.7 Å².